The average Bonchev–Trinajstić information content (AvgIpc) is 2.61. The van der Waals surface area contributed by atoms with Gasteiger partial charge in [-0.25, -0.2) is 0 Å². The van der Waals surface area contributed by atoms with Crippen molar-refractivity contribution in [2.75, 3.05) is 0 Å². The molecule has 0 aliphatic heterocycles. The normalized spacial score (nSPS) is 10.0. The summed E-state index contributed by atoms with van der Waals surface area (Å²) >= 11 is 0. The minimum absolute atomic E-state index is 0.979. The second-order valence-electron chi connectivity index (χ2n) is 5.35. The summed E-state index contributed by atoms with van der Waals surface area (Å²) in [6.45, 7) is 0. The predicted octanol–water partition coefficient (Wildman–Crippen LogP) is 4.63. The Bertz CT molecular complexity index is 834. The Morgan fingerprint density at radius 1 is 0.609 bits per heavy atom. The molecule has 0 aliphatic carbocycles. The zero-order chi connectivity index (χ0) is 16.1. The van der Waals surface area contributed by atoms with E-state index < -0.39 is 0 Å². The lowest BCUT2D eigenvalue weighted by Gasteiger charge is -2.02. The monoisotopic (exact) mass is 332 g/mol. The molecule has 3 rings (SSSR count). The van der Waals surface area contributed by atoms with Gasteiger partial charge in [0.2, 0.25) is 0 Å². The van der Waals surface area contributed by atoms with Gasteiger partial charge >= 0.3 is 0 Å². The molecule has 2 unspecified atom stereocenters. The molecule has 0 spiro atoms. The van der Waals surface area contributed by atoms with Gasteiger partial charge in [0.15, 0.2) is 0 Å². The third-order valence-electron chi connectivity index (χ3n) is 3.67. The van der Waals surface area contributed by atoms with Crippen molar-refractivity contribution in [2.45, 2.75) is 6.16 Å². The molecular formula is C21H18P2. The molecule has 0 nitrogen and oxygen atoms in total. The van der Waals surface area contributed by atoms with Crippen LogP contribution in [0.2, 0.25) is 0 Å². The van der Waals surface area contributed by atoms with E-state index >= 15 is 0 Å². The van der Waals surface area contributed by atoms with Crippen molar-refractivity contribution in [3.63, 3.8) is 0 Å². The fraction of sp³-hybridized carbons (Fsp3) is 0.0476. The van der Waals surface area contributed by atoms with E-state index in [9.17, 15) is 0 Å². The van der Waals surface area contributed by atoms with Crippen LogP contribution in [0.15, 0.2) is 72.8 Å². The van der Waals surface area contributed by atoms with E-state index in [0.717, 1.165) is 17.3 Å². The van der Waals surface area contributed by atoms with Crippen LogP contribution in [0.25, 0.3) is 11.1 Å². The van der Waals surface area contributed by atoms with Crippen molar-refractivity contribution in [3.8, 4) is 23.0 Å². The van der Waals surface area contributed by atoms with Crippen LogP contribution < -0.4 is 5.30 Å². The van der Waals surface area contributed by atoms with Gasteiger partial charge in [-0.05, 0) is 52.4 Å². The van der Waals surface area contributed by atoms with Gasteiger partial charge in [-0.3, -0.25) is 0 Å². The van der Waals surface area contributed by atoms with E-state index in [0.29, 0.717) is 0 Å². The van der Waals surface area contributed by atoms with Crippen LogP contribution in [0.4, 0.5) is 0 Å². The summed E-state index contributed by atoms with van der Waals surface area (Å²) in [5.41, 5.74) is 5.83. The Morgan fingerprint density at radius 3 is 1.52 bits per heavy atom. The van der Waals surface area contributed by atoms with E-state index in [-0.39, 0.29) is 0 Å². The highest BCUT2D eigenvalue weighted by molar-refractivity contribution is 7.27. The minimum Gasteiger partial charge on any atom is -0.133 e. The molecule has 23 heavy (non-hydrogen) atoms. The van der Waals surface area contributed by atoms with E-state index in [1.54, 1.807) is 0 Å². The zero-order valence-electron chi connectivity index (χ0n) is 12.8. The van der Waals surface area contributed by atoms with E-state index in [4.69, 9.17) is 0 Å². The molecule has 0 amide bonds. The summed E-state index contributed by atoms with van der Waals surface area (Å²) in [5, 5.41) is 1.20. The van der Waals surface area contributed by atoms with Crippen LogP contribution in [0.1, 0.15) is 16.7 Å². The molecule has 0 fully saturated rings. The van der Waals surface area contributed by atoms with Crippen LogP contribution >= 0.6 is 18.5 Å². The van der Waals surface area contributed by atoms with Crippen molar-refractivity contribution in [3.05, 3.63) is 89.5 Å². The summed E-state index contributed by atoms with van der Waals surface area (Å²) < 4.78 is 0. The van der Waals surface area contributed by atoms with Crippen LogP contribution in [0.3, 0.4) is 0 Å². The summed E-state index contributed by atoms with van der Waals surface area (Å²) in [7, 11) is 5.44. The number of hydrogen-bond donors (Lipinski definition) is 0. The molecule has 0 aliphatic rings. The van der Waals surface area contributed by atoms with Crippen LogP contribution in [0, 0.1) is 11.8 Å². The van der Waals surface area contributed by atoms with Crippen molar-refractivity contribution in [1.82, 2.24) is 0 Å². The first-order valence-electron chi connectivity index (χ1n) is 7.51. The van der Waals surface area contributed by atoms with Gasteiger partial charge in [0, 0.05) is 11.1 Å². The second-order valence-corrected chi connectivity index (χ2v) is 6.43. The molecule has 112 valence electrons. The Labute approximate surface area is 142 Å². The second kappa shape index (κ2) is 7.57. The number of rotatable bonds is 2. The summed E-state index contributed by atoms with van der Waals surface area (Å²) in [6.07, 6.45) is 0.979. The van der Waals surface area contributed by atoms with Crippen molar-refractivity contribution in [1.29, 1.82) is 0 Å². The van der Waals surface area contributed by atoms with E-state index in [1.807, 2.05) is 0 Å². The quantitative estimate of drug-likeness (QED) is 0.474. The van der Waals surface area contributed by atoms with Crippen LogP contribution in [-0.2, 0) is 6.16 Å². The first-order chi connectivity index (χ1) is 11.2. The molecule has 3 aromatic carbocycles. The summed E-state index contributed by atoms with van der Waals surface area (Å²) in [6, 6.07) is 25.3. The van der Waals surface area contributed by atoms with Crippen LogP contribution in [-0.4, -0.2) is 0 Å². The molecule has 3 aromatic rings. The molecule has 2 heteroatoms. The molecule has 0 bridgehead atoms. The van der Waals surface area contributed by atoms with E-state index in [1.165, 1.54) is 22.0 Å². The highest BCUT2D eigenvalue weighted by Gasteiger charge is 1.97. The maximum atomic E-state index is 3.23. The molecule has 0 aromatic heterocycles. The van der Waals surface area contributed by atoms with Gasteiger partial charge in [-0.2, -0.15) is 0 Å². The highest BCUT2D eigenvalue weighted by atomic mass is 31.0. The SMILES string of the molecule is PCc1ccc(C#Cc2ccc(-c3ccc(P)cc3)cc2)cc1. The lowest BCUT2D eigenvalue weighted by molar-refractivity contribution is 1.41. The summed E-state index contributed by atoms with van der Waals surface area (Å²) in [4.78, 5) is 0. The third kappa shape index (κ3) is 4.30. The van der Waals surface area contributed by atoms with Gasteiger partial charge in [-0.15, -0.1) is 18.5 Å². The zero-order valence-corrected chi connectivity index (χ0v) is 15.1. The lowest BCUT2D eigenvalue weighted by atomic mass is 10.0. The first kappa shape index (κ1) is 16.0. The van der Waals surface area contributed by atoms with Crippen molar-refractivity contribution < 1.29 is 0 Å². The molecule has 0 saturated heterocycles. The minimum atomic E-state index is 0.979. The standard InChI is InChI=1S/C21H18P2/c22-15-18-5-3-16(4-6-18)1-2-17-7-9-19(10-8-17)20-11-13-21(23)14-12-20/h3-14H,15,22-23H2. The molecular weight excluding hydrogens is 314 g/mol. The third-order valence-corrected chi connectivity index (χ3v) is 4.53. The number of hydrogen-bond acceptors (Lipinski definition) is 0. The van der Waals surface area contributed by atoms with Crippen molar-refractivity contribution >= 4 is 23.8 Å². The van der Waals surface area contributed by atoms with Gasteiger partial charge in [0.25, 0.3) is 0 Å². The first-order valence-corrected chi connectivity index (χ1v) is 8.91. The molecule has 0 radical (unpaired) electrons. The smallest absolute Gasteiger partial charge is 0.0249 e. The van der Waals surface area contributed by atoms with E-state index in [2.05, 4.69) is 103 Å². The van der Waals surface area contributed by atoms with Gasteiger partial charge < -0.3 is 0 Å². The Morgan fingerprint density at radius 2 is 1.04 bits per heavy atom. The van der Waals surface area contributed by atoms with Crippen LogP contribution in [0.5, 0.6) is 0 Å². The fourth-order valence-corrected chi connectivity index (χ4v) is 2.75. The molecule has 0 saturated carbocycles. The largest absolute Gasteiger partial charge is 0.133 e. The highest BCUT2D eigenvalue weighted by Crippen LogP contribution is 2.19. The molecule has 0 N–H and O–H groups in total. The van der Waals surface area contributed by atoms with Crippen molar-refractivity contribution in [2.24, 2.45) is 0 Å². The Hall–Kier alpha value is -1.92. The lowest BCUT2D eigenvalue weighted by Crippen LogP contribution is -1.88. The molecule has 2 atom stereocenters. The Balaban J connectivity index is 1.77. The average molecular weight is 332 g/mol. The summed E-state index contributed by atoms with van der Waals surface area (Å²) in [5.74, 6) is 6.45. The molecule has 0 heterocycles. The number of benzene rings is 3. The van der Waals surface area contributed by atoms with Gasteiger partial charge in [0.05, 0.1) is 0 Å². The van der Waals surface area contributed by atoms with Gasteiger partial charge in [-0.1, -0.05) is 60.4 Å². The topological polar surface area (TPSA) is 0 Å². The van der Waals surface area contributed by atoms with Gasteiger partial charge in [0.1, 0.15) is 0 Å². The Kier molecular flexibility index (Phi) is 5.25. The maximum absolute atomic E-state index is 3.23. The predicted molar refractivity (Wildman–Crippen MR) is 107 cm³/mol. The maximum Gasteiger partial charge on any atom is 0.0249 e. The fourth-order valence-electron chi connectivity index (χ4n) is 2.29.